The van der Waals surface area contributed by atoms with Gasteiger partial charge in [0.2, 0.25) is 0 Å². The fourth-order valence-corrected chi connectivity index (χ4v) is 3.47. The lowest BCUT2D eigenvalue weighted by molar-refractivity contribution is -0.929. The topological polar surface area (TPSA) is 9.23 Å². The second-order valence-corrected chi connectivity index (χ2v) is 8.00. The number of ether oxygens (including phenoxy) is 1. The highest BCUT2D eigenvalue weighted by Gasteiger charge is 2.25. The van der Waals surface area contributed by atoms with Crippen LogP contribution in [0.25, 0.3) is 0 Å². The van der Waals surface area contributed by atoms with Crippen LogP contribution in [-0.2, 0) is 0 Å². The maximum Gasteiger partial charge on any atom is 0.509 e. The normalized spacial score (nSPS) is 11.7. The molecule has 0 saturated heterocycles. The Labute approximate surface area is 177 Å². The predicted molar refractivity (Wildman–Crippen MR) is 121 cm³/mol. The average molecular weight is 417 g/mol. The fourth-order valence-electron chi connectivity index (χ4n) is 3.47. The van der Waals surface area contributed by atoms with Crippen molar-refractivity contribution in [3.63, 3.8) is 0 Å². The average Bonchev–Trinajstić information content (AvgIpc) is 2.72. The molecule has 2 nitrogen and oxygen atoms in total. The molecule has 0 amide bonds. The number of rotatable bonds is 14. The van der Waals surface area contributed by atoms with Gasteiger partial charge in [0, 0.05) is 0 Å². The number of methoxy groups -OCH3 is 1. The van der Waals surface area contributed by atoms with Crippen molar-refractivity contribution in [3.05, 3.63) is 24.3 Å². The highest BCUT2D eigenvalue weighted by atomic mass is 19.4. The highest BCUT2D eigenvalue weighted by molar-refractivity contribution is 6.73. The summed E-state index contributed by atoms with van der Waals surface area (Å²) < 4.78 is 42.3. The van der Waals surface area contributed by atoms with Crippen molar-refractivity contribution in [2.24, 2.45) is 0 Å². The quantitative estimate of drug-likeness (QED) is 0.240. The molecule has 1 rings (SSSR count). The summed E-state index contributed by atoms with van der Waals surface area (Å²) >= 11 is 0. The van der Waals surface area contributed by atoms with Gasteiger partial charge in [-0.05, 0) is 37.8 Å². The molecule has 29 heavy (non-hydrogen) atoms. The maximum atomic E-state index is 12.0. The van der Waals surface area contributed by atoms with Gasteiger partial charge in [-0.15, -0.1) is 5.46 Å². The van der Waals surface area contributed by atoms with Crippen LogP contribution in [0.2, 0.25) is 0 Å². The summed E-state index contributed by atoms with van der Waals surface area (Å²) in [4.78, 5) is 0. The third-order valence-electron chi connectivity index (χ3n) is 5.44. The molecule has 0 fully saturated rings. The van der Waals surface area contributed by atoms with Gasteiger partial charge >= 0.3 is 6.98 Å². The van der Waals surface area contributed by atoms with Gasteiger partial charge in [-0.3, -0.25) is 0 Å². The minimum Gasteiger partial charge on any atom is -0.497 e. The third kappa shape index (κ3) is 12.2. The monoisotopic (exact) mass is 417 g/mol. The minimum absolute atomic E-state index is 0.429. The van der Waals surface area contributed by atoms with Gasteiger partial charge in [-0.1, -0.05) is 65.5 Å². The first-order valence-corrected chi connectivity index (χ1v) is 11.5. The highest BCUT2D eigenvalue weighted by Crippen LogP contribution is 2.16. The Morgan fingerprint density at radius 2 is 1.03 bits per heavy atom. The van der Waals surface area contributed by atoms with E-state index in [2.05, 4.69) is 27.7 Å². The van der Waals surface area contributed by atoms with Crippen LogP contribution in [0.3, 0.4) is 0 Å². The number of hydrogen-bond donors (Lipinski definition) is 0. The largest absolute Gasteiger partial charge is 0.509 e. The molecule has 0 aliphatic heterocycles. The first-order chi connectivity index (χ1) is 13.8. The summed E-state index contributed by atoms with van der Waals surface area (Å²) in [6, 6.07) is 4.62. The molecule has 1 aromatic carbocycles. The van der Waals surface area contributed by atoms with Gasteiger partial charge in [-0.2, -0.15) is 0 Å². The van der Waals surface area contributed by atoms with Gasteiger partial charge in [0.1, 0.15) is 5.75 Å². The van der Waals surface area contributed by atoms with E-state index in [0.717, 1.165) is 12.1 Å². The Kier molecular flexibility index (Phi) is 15.0. The van der Waals surface area contributed by atoms with Crippen molar-refractivity contribution < 1.29 is 22.2 Å². The Morgan fingerprint density at radius 1 is 0.690 bits per heavy atom. The molecule has 0 atom stereocenters. The maximum absolute atomic E-state index is 12.0. The molecule has 1 aromatic rings. The van der Waals surface area contributed by atoms with Crippen LogP contribution in [0.1, 0.15) is 79.1 Å². The first-order valence-electron chi connectivity index (χ1n) is 11.5. The van der Waals surface area contributed by atoms with Crippen molar-refractivity contribution >= 4 is 12.4 Å². The molecule has 0 spiro atoms. The van der Waals surface area contributed by atoms with Crippen LogP contribution in [0.4, 0.5) is 12.9 Å². The molecule has 0 unspecified atom stereocenters. The summed E-state index contributed by atoms with van der Waals surface area (Å²) in [5.41, 5.74) is -0.601. The van der Waals surface area contributed by atoms with Gasteiger partial charge < -0.3 is 22.2 Å². The van der Waals surface area contributed by atoms with Crippen molar-refractivity contribution in [2.75, 3.05) is 33.3 Å². The molecule has 6 heteroatoms. The second-order valence-electron chi connectivity index (χ2n) is 8.00. The zero-order valence-corrected chi connectivity index (χ0v) is 19.4. The van der Waals surface area contributed by atoms with Crippen molar-refractivity contribution in [1.29, 1.82) is 0 Å². The van der Waals surface area contributed by atoms with E-state index in [9.17, 15) is 12.9 Å². The van der Waals surface area contributed by atoms with E-state index in [4.69, 9.17) is 4.74 Å². The van der Waals surface area contributed by atoms with Gasteiger partial charge in [0.05, 0.1) is 33.3 Å². The number of unbranched alkanes of at least 4 members (excludes halogenated alkanes) is 4. The molecule has 0 bridgehead atoms. The molecule has 0 aliphatic carbocycles. The molecule has 170 valence electrons. The third-order valence-corrected chi connectivity index (χ3v) is 5.44. The molecule has 0 N–H and O–H groups in total. The van der Waals surface area contributed by atoms with E-state index < -0.39 is 12.4 Å². The number of hydrogen-bond acceptors (Lipinski definition) is 1. The van der Waals surface area contributed by atoms with Crippen LogP contribution in [0.5, 0.6) is 5.75 Å². The summed E-state index contributed by atoms with van der Waals surface area (Å²) in [5, 5.41) is 0. The summed E-state index contributed by atoms with van der Waals surface area (Å²) in [5.74, 6) is 0.429. The van der Waals surface area contributed by atoms with Crippen LogP contribution >= 0.6 is 0 Å². The van der Waals surface area contributed by atoms with Gasteiger partial charge in [-0.25, -0.2) is 0 Å². The SMILES string of the molecule is CCCC[N+](CCCC)(CCCC)CCCC.COc1ccc([B-](F)(F)F)cc1. The minimum atomic E-state index is -4.88. The Bertz CT molecular complexity index is 468. The molecule has 0 radical (unpaired) electrons. The Balaban J connectivity index is 0.000000571. The van der Waals surface area contributed by atoms with E-state index in [1.165, 1.54) is 101 Å². The smallest absolute Gasteiger partial charge is 0.497 e. The van der Waals surface area contributed by atoms with Crippen LogP contribution in [-0.4, -0.2) is 44.7 Å². The van der Waals surface area contributed by atoms with Crippen LogP contribution < -0.4 is 10.2 Å². The van der Waals surface area contributed by atoms with Crippen molar-refractivity contribution in [1.82, 2.24) is 0 Å². The summed E-state index contributed by atoms with van der Waals surface area (Å²) in [6.07, 6.45) is 11.1. The van der Waals surface area contributed by atoms with E-state index in [-0.39, 0.29) is 0 Å². The molecular weight excluding hydrogens is 374 g/mol. The van der Waals surface area contributed by atoms with Gasteiger partial charge in [0.15, 0.2) is 0 Å². The lowest BCUT2D eigenvalue weighted by Gasteiger charge is -2.39. The molecular formula is C23H43BF3NO. The number of nitrogens with zero attached hydrogens (tertiary/aromatic N) is 1. The summed E-state index contributed by atoms with van der Waals surface area (Å²) in [6.45, 7) is 10.1. The zero-order valence-electron chi connectivity index (χ0n) is 19.4. The van der Waals surface area contributed by atoms with Crippen molar-refractivity contribution in [2.45, 2.75) is 79.1 Å². The second kappa shape index (κ2) is 15.6. The Morgan fingerprint density at radius 3 is 1.28 bits per heavy atom. The number of halogens is 3. The zero-order chi connectivity index (χ0) is 22.2. The number of benzene rings is 1. The summed E-state index contributed by atoms with van der Waals surface area (Å²) in [7, 11) is 1.41. The van der Waals surface area contributed by atoms with Crippen LogP contribution in [0, 0.1) is 0 Å². The fraction of sp³-hybridized carbons (Fsp3) is 0.739. The number of quaternary nitrogens is 1. The van der Waals surface area contributed by atoms with E-state index in [1.807, 2.05) is 0 Å². The van der Waals surface area contributed by atoms with E-state index in [1.54, 1.807) is 0 Å². The standard InChI is InChI=1S/C16H36N.C7H7BF3O/c1-5-9-13-17(14-10-6-2,15-11-7-3)16-12-8-4;1-12-7-4-2-6(3-5-7)8(9,10)11/h5-16H2,1-4H3;2-5H,1H3/q+1;-1. The van der Waals surface area contributed by atoms with Crippen molar-refractivity contribution in [3.8, 4) is 5.75 Å². The molecule has 0 heterocycles. The molecule has 0 saturated carbocycles. The molecule has 0 aromatic heterocycles. The first kappa shape index (κ1) is 27.8. The van der Waals surface area contributed by atoms with E-state index in [0.29, 0.717) is 5.75 Å². The van der Waals surface area contributed by atoms with Crippen LogP contribution in [0.15, 0.2) is 24.3 Å². The lowest BCUT2D eigenvalue weighted by atomic mass is 9.80. The lowest BCUT2D eigenvalue weighted by Crippen LogP contribution is -2.50. The Hall–Kier alpha value is -1.17. The van der Waals surface area contributed by atoms with Gasteiger partial charge in [0.25, 0.3) is 0 Å². The molecule has 0 aliphatic rings. The predicted octanol–water partition coefficient (Wildman–Crippen LogP) is 6.75. The van der Waals surface area contributed by atoms with E-state index >= 15 is 0 Å².